The molecule has 1 aliphatic heterocycles. The Morgan fingerprint density at radius 2 is 1.66 bits per heavy atom. The summed E-state index contributed by atoms with van der Waals surface area (Å²) in [7, 11) is 1.58. The highest BCUT2D eigenvalue weighted by atomic mass is 19.1. The molecule has 0 spiro atoms. The molecule has 1 amide bonds. The van der Waals surface area contributed by atoms with Gasteiger partial charge >= 0.3 is 6.09 Å². The van der Waals surface area contributed by atoms with Crippen LogP contribution >= 0.6 is 0 Å². The predicted molar refractivity (Wildman–Crippen MR) is 139 cm³/mol. The topological polar surface area (TPSA) is 69.6 Å². The van der Waals surface area contributed by atoms with Gasteiger partial charge in [0.1, 0.15) is 36.2 Å². The Bertz CT molecular complexity index is 1320. The maximum absolute atomic E-state index is 15.0. The SMILES string of the molecule is COc1ccc(COc2cccc(OCc3ccc(C4=NCCN4C(=O)OC(C)(C)C)cc3F)c2F)cc1. The molecule has 0 saturated carbocycles. The lowest BCUT2D eigenvalue weighted by Gasteiger charge is -2.25. The summed E-state index contributed by atoms with van der Waals surface area (Å²) in [4.78, 5) is 18.3. The van der Waals surface area contributed by atoms with E-state index in [1.165, 1.54) is 29.2 Å². The van der Waals surface area contributed by atoms with Crippen LogP contribution in [0, 0.1) is 11.6 Å². The average Bonchev–Trinajstić information content (AvgIpc) is 3.38. The Kier molecular flexibility index (Phi) is 8.14. The van der Waals surface area contributed by atoms with Crippen molar-refractivity contribution >= 4 is 11.9 Å². The van der Waals surface area contributed by atoms with Gasteiger partial charge < -0.3 is 18.9 Å². The minimum atomic E-state index is -0.675. The molecule has 0 fully saturated rings. The van der Waals surface area contributed by atoms with E-state index in [9.17, 15) is 13.6 Å². The van der Waals surface area contributed by atoms with Gasteiger partial charge in [-0.25, -0.2) is 9.18 Å². The van der Waals surface area contributed by atoms with Crippen LogP contribution in [0.4, 0.5) is 13.6 Å². The van der Waals surface area contributed by atoms with E-state index in [-0.39, 0.29) is 30.3 Å². The van der Waals surface area contributed by atoms with E-state index in [0.29, 0.717) is 30.2 Å². The summed E-state index contributed by atoms with van der Waals surface area (Å²) in [6.45, 7) is 6.04. The molecule has 38 heavy (non-hydrogen) atoms. The average molecular weight is 525 g/mol. The largest absolute Gasteiger partial charge is 0.497 e. The van der Waals surface area contributed by atoms with Crippen LogP contribution in [0.3, 0.4) is 0 Å². The number of hydrogen-bond donors (Lipinski definition) is 0. The van der Waals surface area contributed by atoms with E-state index in [4.69, 9.17) is 18.9 Å². The van der Waals surface area contributed by atoms with E-state index in [2.05, 4.69) is 4.99 Å². The van der Waals surface area contributed by atoms with Crippen LogP contribution in [-0.4, -0.2) is 42.6 Å². The molecule has 7 nitrogen and oxygen atoms in total. The quantitative estimate of drug-likeness (QED) is 0.355. The van der Waals surface area contributed by atoms with Gasteiger partial charge in [0.25, 0.3) is 0 Å². The van der Waals surface area contributed by atoms with Gasteiger partial charge in [-0.1, -0.05) is 30.3 Å². The van der Waals surface area contributed by atoms with Crippen LogP contribution in [-0.2, 0) is 18.0 Å². The first-order valence-corrected chi connectivity index (χ1v) is 12.2. The maximum Gasteiger partial charge on any atom is 0.416 e. The number of amidine groups is 1. The molecule has 0 N–H and O–H groups in total. The highest BCUT2D eigenvalue weighted by Gasteiger charge is 2.29. The van der Waals surface area contributed by atoms with Crippen molar-refractivity contribution in [3.8, 4) is 17.2 Å². The molecule has 3 aromatic rings. The first-order valence-electron chi connectivity index (χ1n) is 12.2. The summed E-state index contributed by atoms with van der Waals surface area (Å²) in [6.07, 6.45) is -0.536. The second-order valence-electron chi connectivity index (χ2n) is 9.64. The Morgan fingerprint density at radius 3 is 2.29 bits per heavy atom. The van der Waals surface area contributed by atoms with E-state index in [1.807, 2.05) is 12.1 Å². The minimum absolute atomic E-state index is 0.0237. The van der Waals surface area contributed by atoms with Gasteiger partial charge in [-0.3, -0.25) is 9.89 Å². The van der Waals surface area contributed by atoms with Crippen molar-refractivity contribution in [3.63, 3.8) is 0 Å². The number of rotatable bonds is 8. The number of ether oxygens (including phenoxy) is 4. The number of carbonyl (C=O) groups excluding carboxylic acids is 1. The lowest BCUT2D eigenvalue weighted by molar-refractivity contribution is 0.0384. The Hall–Kier alpha value is -4.14. The highest BCUT2D eigenvalue weighted by Crippen LogP contribution is 2.28. The van der Waals surface area contributed by atoms with Gasteiger partial charge in [0, 0.05) is 11.1 Å². The fourth-order valence-electron chi connectivity index (χ4n) is 3.74. The number of carbonyl (C=O) groups is 1. The van der Waals surface area contributed by atoms with E-state index >= 15 is 0 Å². The fourth-order valence-corrected chi connectivity index (χ4v) is 3.74. The zero-order valence-electron chi connectivity index (χ0n) is 21.8. The molecule has 200 valence electrons. The zero-order chi connectivity index (χ0) is 27.3. The molecule has 0 atom stereocenters. The normalized spacial score (nSPS) is 13.2. The molecule has 3 aromatic carbocycles. The summed E-state index contributed by atoms with van der Waals surface area (Å²) in [6, 6.07) is 16.3. The van der Waals surface area contributed by atoms with Crippen molar-refractivity contribution in [2.45, 2.75) is 39.6 Å². The number of amides is 1. The number of benzene rings is 3. The second kappa shape index (κ2) is 11.5. The third kappa shape index (κ3) is 6.59. The second-order valence-corrected chi connectivity index (χ2v) is 9.64. The molecule has 0 aromatic heterocycles. The molecule has 9 heteroatoms. The van der Waals surface area contributed by atoms with Crippen LogP contribution in [0.15, 0.2) is 65.7 Å². The third-order valence-electron chi connectivity index (χ3n) is 5.63. The van der Waals surface area contributed by atoms with Gasteiger partial charge in [0.15, 0.2) is 11.5 Å². The Labute approximate surface area is 220 Å². The molecule has 0 bridgehead atoms. The van der Waals surface area contributed by atoms with Crippen LogP contribution in [0.1, 0.15) is 37.5 Å². The molecular formula is C29H30F2N2O5. The monoisotopic (exact) mass is 524 g/mol. The number of nitrogens with zero attached hydrogens (tertiary/aromatic N) is 2. The molecular weight excluding hydrogens is 494 g/mol. The minimum Gasteiger partial charge on any atom is -0.497 e. The van der Waals surface area contributed by atoms with Gasteiger partial charge in [-0.2, -0.15) is 4.39 Å². The van der Waals surface area contributed by atoms with Crippen molar-refractivity contribution in [1.29, 1.82) is 0 Å². The van der Waals surface area contributed by atoms with Gasteiger partial charge in [-0.15, -0.1) is 0 Å². The predicted octanol–water partition coefficient (Wildman–Crippen LogP) is 6.13. The lowest BCUT2D eigenvalue weighted by Crippen LogP contribution is -2.39. The highest BCUT2D eigenvalue weighted by molar-refractivity contribution is 6.07. The summed E-state index contributed by atoms with van der Waals surface area (Å²) >= 11 is 0. The maximum atomic E-state index is 15.0. The van der Waals surface area contributed by atoms with E-state index in [0.717, 1.165) is 5.56 Å². The van der Waals surface area contributed by atoms with Crippen molar-refractivity contribution in [2.75, 3.05) is 20.2 Å². The number of halogens is 2. The fraction of sp³-hybridized carbons (Fsp3) is 0.310. The molecule has 0 unspecified atom stereocenters. The van der Waals surface area contributed by atoms with Crippen molar-refractivity contribution in [1.82, 2.24) is 4.90 Å². The first kappa shape index (κ1) is 26.9. The van der Waals surface area contributed by atoms with Crippen molar-refractivity contribution < 1.29 is 32.5 Å². The molecule has 4 rings (SSSR count). The smallest absolute Gasteiger partial charge is 0.416 e. The Morgan fingerprint density at radius 1 is 0.974 bits per heavy atom. The third-order valence-corrected chi connectivity index (χ3v) is 5.63. The van der Waals surface area contributed by atoms with Gasteiger partial charge in [-0.05, 0) is 56.7 Å². The molecule has 0 radical (unpaired) electrons. The number of aliphatic imine (C=N–C) groups is 1. The van der Waals surface area contributed by atoms with Crippen molar-refractivity contribution in [2.24, 2.45) is 4.99 Å². The van der Waals surface area contributed by atoms with Crippen LogP contribution < -0.4 is 14.2 Å². The van der Waals surface area contributed by atoms with Gasteiger partial charge in [0.05, 0.1) is 20.2 Å². The van der Waals surface area contributed by atoms with Crippen LogP contribution in [0.2, 0.25) is 0 Å². The van der Waals surface area contributed by atoms with Crippen LogP contribution in [0.25, 0.3) is 0 Å². The summed E-state index contributed by atoms with van der Waals surface area (Å²) in [5, 5.41) is 0. The lowest BCUT2D eigenvalue weighted by atomic mass is 10.1. The van der Waals surface area contributed by atoms with Crippen LogP contribution in [0.5, 0.6) is 17.2 Å². The number of methoxy groups -OCH3 is 1. The van der Waals surface area contributed by atoms with E-state index < -0.39 is 23.3 Å². The standard InChI is InChI=1S/C29H30F2N2O5/c1-29(2,3)38-28(34)33-15-14-32-27(33)20-10-11-21(23(30)16-20)18-37-25-7-5-6-24(26(25)31)36-17-19-8-12-22(35-4)13-9-19/h5-13,16H,14-15,17-18H2,1-4H3. The molecule has 0 aliphatic carbocycles. The zero-order valence-corrected chi connectivity index (χ0v) is 21.8. The van der Waals surface area contributed by atoms with Crippen molar-refractivity contribution in [3.05, 3.63) is 89.0 Å². The first-order chi connectivity index (χ1) is 18.1. The molecule has 1 aliphatic rings. The Balaban J connectivity index is 1.40. The summed E-state index contributed by atoms with van der Waals surface area (Å²) in [5.41, 5.74) is 0.843. The number of hydrogen-bond acceptors (Lipinski definition) is 6. The molecule has 0 saturated heterocycles. The summed E-state index contributed by atoms with van der Waals surface area (Å²) in [5.74, 6) is -0.210. The summed E-state index contributed by atoms with van der Waals surface area (Å²) < 4.78 is 51.7. The van der Waals surface area contributed by atoms with Gasteiger partial charge in [0.2, 0.25) is 5.82 Å². The molecule has 1 heterocycles. The van der Waals surface area contributed by atoms with E-state index in [1.54, 1.807) is 52.1 Å².